The van der Waals surface area contributed by atoms with Crippen molar-refractivity contribution in [2.75, 3.05) is 26.6 Å². The smallest absolute Gasteiger partial charge is 0.358 e. The highest BCUT2D eigenvalue weighted by atomic mass is 35.5. The molecule has 3 rings (SSSR count). The molecule has 0 aliphatic heterocycles. The van der Waals surface area contributed by atoms with Crippen LogP contribution in [0.4, 0.5) is 5.82 Å². The van der Waals surface area contributed by atoms with E-state index in [2.05, 4.69) is 15.3 Å². The van der Waals surface area contributed by atoms with Gasteiger partial charge in [-0.2, -0.15) is 0 Å². The van der Waals surface area contributed by atoms with Gasteiger partial charge in [-0.1, -0.05) is 11.6 Å². The van der Waals surface area contributed by atoms with Crippen molar-refractivity contribution < 1.29 is 19.0 Å². The predicted molar refractivity (Wildman–Crippen MR) is 97.2 cm³/mol. The first-order valence-corrected chi connectivity index (χ1v) is 8.55. The lowest BCUT2D eigenvalue weighted by atomic mass is 10.2. The van der Waals surface area contributed by atoms with Crippen LogP contribution in [0.5, 0.6) is 11.5 Å². The monoisotopic (exact) mass is 377 g/mol. The first kappa shape index (κ1) is 18.3. The Balaban J connectivity index is 1.87. The Bertz CT molecular complexity index is 824. The summed E-state index contributed by atoms with van der Waals surface area (Å²) in [6.07, 6.45) is 2.02. The van der Waals surface area contributed by atoms with E-state index in [0.29, 0.717) is 29.7 Å². The summed E-state index contributed by atoms with van der Waals surface area (Å²) in [6, 6.07) is 5.54. The number of methoxy groups -OCH3 is 3. The lowest BCUT2D eigenvalue weighted by Crippen LogP contribution is -2.12. The summed E-state index contributed by atoms with van der Waals surface area (Å²) in [6.45, 7) is 0.411. The molecule has 1 heterocycles. The molecule has 26 heavy (non-hydrogen) atoms. The summed E-state index contributed by atoms with van der Waals surface area (Å²) >= 11 is 6.33. The van der Waals surface area contributed by atoms with E-state index >= 15 is 0 Å². The van der Waals surface area contributed by atoms with Gasteiger partial charge in [0.15, 0.2) is 5.69 Å². The highest BCUT2D eigenvalue weighted by molar-refractivity contribution is 6.35. The van der Waals surface area contributed by atoms with Gasteiger partial charge in [0.25, 0.3) is 0 Å². The summed E-state index contributed by atoms with van der Waals surface area (Å²) in [5.74, 6) is 2.09. The molecule has 1 fully saturated rings. The molecular weight excluding hydrogens is 358 g/mol. The normalized spacial score (nSPS) is 13.2. The zero-order chi connectivity index (χ0) is 18.7. The van der Waals surface area contributed by atoms with Crippen molar-refractivity contribution in [3.63, 3.8) is 0 Å². The van der Waals surface area contributed by atoms with Gasteiger partial charge in [0, 0.05) is 24.1 Å². The number of nitrogens with zero attached hydrogens (tertiary/aromatic N) is 2. The maximum Gasteiger partial charge on any atom is 0.358 e. The van der Waals surface area contributed by atoms with Gasteiger partial charge in [-0.3, -0.25) is 0 Å². The molecule has 0 bridgehead atoms. The Morgan fingerprint density at radius 1 is 1.23 bits per heavy atom. The Kier molecular flexibility index (Phi) is 5.46. The third kappa shape index (κ3) is 3.83. The molecule has 0 saturated heterocycles. The van der Waals surface area contributed by atoms with Crippen LogP contribution < -0.4 is 14.8 Å². The number of anilines is 1. The number of esters is 1. The lowest BCUT2D eigenvalue weighted by molar-refractivity contribution is 0.0593. The molecule has 0 radical (unpaired) electrons. The molecular formula is C18H20ClN3O4. The van der Waals surface area contributed by atoms with Crippen LogP contribution >= 0.6 is 11.6 Å². The fourth-order valence-electron chi connectivity index (χ4n) is 2.51. The van der Waals surface area contributed by atoms with Gasteiger partial charge < -0.3 is 19.5 Å². The standard InChI is InChI=1S/C18H20ClN3O4/c1-24-12-7-6-11(13(8-12)25-2)9-20-17-14(19)15(18(23)26-3)21-16(22-17)10-4-5-10/h6-8,10H,4-5,9H2,1-3H3,(H,20,21,22). The van der Waals surface area contributed by atoms with Crippen LogP contribution in [0.1, 0.15) is 40.6 Å². The number of ether oxygens (including phenoxy) is 3. The van der Waals surface area contributed by atoms with Crippen LogP contribution in [0, 0.1) is 0 Å². The van der Waals surface area contributed by atoms with Crippen molar-refractivity contribution >= 4 is 23.4 Å². The van der Waals surface area contributed by atoms with Gasteiger partial charge in [0.05, 0.1) is 21.3 Å². The van der Waals surface area contributed by atoms with Crippen molar-refractivity contribution in [1.82, 2.24) is 9.97 Å². The molecule has 0 amide bonds. The number of halogens is 1. The molecule has 8 heteroatoms. The van der Waals surface area contributed by atoms with Crippen molar-refractivity contribution in [3.05, 3.63) is 40.3 Å². The number of carbonyl (C=O) groups is 1. The van der Waals surface area contributed by atoms with Crippen molar-refractivity contribution in [3.8, 4) is 11.5 Å². The van der Waals surface area contributed by atoms with E-state index in [4.69, 9.17) is 25.8 Å². The van der Waals surface area contributed by atoms with E-state index in [9.17, 15) is 4.79 Å². The Labute approximate surface area is 156 Å². The third-order valence-electron chi connectivity index (χ3n) is 4.13. The first-order chi connectivity index (χ1) is 12.6. The van der Waals surface area contributed by atoms with E-state index in [1.54, 1.807) is 20.3 Å². The zero-order valence-corrected chi connectivity index (χ0v) is 15.6. The van der Waals surface area contributed by atoms with E-state index in [1.807, 2.05) is 12.1 Å². The van der Waals surface area contributed by atoms with E-state index in [1.165, 1.54) is 7.11 Å². The van der Waals surface area contributed by atoms with Crippen molar-refractivity contribution in [2.24, 2.45) is 0 Å². The molecule has 1 aliphatic rings. The maximum atomic E-state index is 12.0. The van der Waals surface area contributed by atoms with Crippen molar-refractivity contribution in [2.45, 2.75) is 25.3 Å². The number of benzene rings is 1. The molecule has 138 valence electrons. The van der Waals surface area contributed by atoms with E-state index < -0.39 is 5.97 Å². The minimum absolute atomic E-state index is 0.0789. The number of carbonyl (C=O) groups excluding carboxylic acids is 1. The van der Waals surface area contributed by atoms with Gasteiger partial charge in [-0.15, -0.1) is 0 Å². The average molecular weight is 378 g/mol. The first-order valence-electron chi connectivity index (χ1n) is 8.17. The number of hydrogen-bond donors (Lipinski definition) is 1. The van der Waals surface area contributed by atoms with Crippen LogP contribution in [0.2, 0.25) is 5.02 Å². The van der Waals surface area contributed by atoms with Crippen LogP contribution in [0.15, 0.2) is 18.2 Å². The van der Waals surface area contributed by atoms with Gasteiger partial charge in [0.2, 0.25) is 0 Å². The summed E-state index contributed by atoms with van der Waals surface area (Å²) in [4.78, 5) is 20.7. The Morgan fingerprint density at radius 2 is 2.00 bits per heavy atom. The molecule has 1 N–H and O–H groups in total. The topological polar surface area (TPSA) is 82.6 Å². The Morgan fingerprint density at radius 3 is 2.62 bits per heavy atom. The van der Waals surface area contributed by atoms with E-state index in [0.717, 1.165) is 18.4 Å². The van der Waals surface area contributed by atoms with Crippen LogP contribution in [0.25, 0.3) is 0 Å². The fraction of sp³-hybridized carbons (Fsp3) is 0.389. The van der Waals surface area contributed by atoms with Gasteiger partial charge in [-0.25, -0.2) is 14.8 Å². The predicted octanol–water partition coefficient (Wildman–Crippen LogP) is 3.42. The third-order valence-corrected chi connectivity index (χ3v) is 4.49. The molecule has 1 saturated carbocycles. The molecule has 2 aromatic rings. The number of aromatic nitrogens is 2. The van der Waals surface area contributed by atoms with Crippen LogP contribution in [-0.4, -0.2) is 37.3 Å². The fourth-order valence-corrected chi connectivity index (χ4v) is 2.74. The molecule has 0 unspecified atom stereocenters. The summed E-state index contributed by atoms with van der Waals surface area (Å²) in [7, 11) is 4.49. The van der Waals surface area contributed by atoms with Crippen LogP contribution in [0.3, 0.4) is 0 Å². The molecule has 1 aromatic carbocycles. The number of nitrogens with one attached hydrogen (secondary N) is 1. The molecule has 7 nitrogen and oxygen atoms in total. The second-order valence-electron chi connectivity index (χ2n) is 5.89. The minimum Gasteiger partial charge on any atom is -0.497 e. The van der Waals surface area contributed by atoms with Gasteiger partial charge in [-0.05, 0) is 25.0 Å². The van der Waals surface area contributed by atoms with Gasteiger partial charge in [0.1, 0.15) is 28.2 Å². The minimum atomic E-state index is -0.579. The molecule has 1 aliphatic carbocycles. The highest BCUT2D eigenvalue weighted by Crippen LogP contribution is 2.40. The second-order valence-corrected chi connectivity index (χ2v) is 6.27. The van der Waals surface area contributed by atoms with Crippen LogP contribution in [-0.2, 0) is 11.3 Å². The van der Waals surface area contributed by atoms with Crippen molar-refractivity contribution in [1.29, 1.82) is 0 Å². The molecule has 0 atom stereocenters. The van der Waals surface area contributed by atoms with Gasteiger partial charge >= 0.3 is 5.97 Å². The number of hydrogen-bond acceptors (Lipinski definition) is 7. The zero-order valence-electron chi connectivity index (χ0n) is 14.8. The van der Waals surface area contributed by atoms with E-state index in [-0.39, 0.29) is 16.6 Å². The lowest BCUT2D eigenvalue weighted by Gasteiger charge is -2.14. The number of rotatable bonds is 7. The second kappa shape index (κ2) is 7.78. The average Bonchev–Trinajstić information content (AvgIpc) is 3.51. The maximum absolute atomic E-state index is 12.0. The highest BCUT2D eigenvalue weighted by Gasteiger charge is 2.30. The summed E-state index contributed by atoms with van der Waals surface area (Å²) in [5.41, 5.74) is 0.978. The Hall–Kier alpha value is -2.54. The summed E-state index contributed by atoms with van der Waals surface area (Å²) < 4.78 is 15.4. The molecule has 1 aromatic heterocycles. The quantitative estimate of drug-likeness (QED) is 0.740. The molecule has 0 spiro atoms. The largest absolute Gasteiger partial charge is 0.497 e. The SMILES string of the molecule is COC(=O)c1nc(C2CC2)nc(NCc2ccc(OC)cc2OC)c1Cl. The summed E-state index contributed by atoms with van der Waals surface area (Å²) in [5, 5.41) is 3.32.